The highest BCUT2D eigenvalue weighted by Crippen LogP contribution is 2.39. The maximum atomic E-state index is 5.05. The van der Waals surface area contributed by atoms with Crippen molar-refractivity contribution in [3.05, 3.63) is 175 Å². The third kappa shape index (κ3) is 5.06. The molecule has 4 nitrogen and oxygen atoms in total. The van der Waals surface area contributed by atoms with E-state index >= 15 is 0 Å². The fraction of sp³-hybridized carbons (Fsp3) is 0.0238. The number of nitrogens with one attached hydrogen (secondary N) is 1. The number of hydrogen-bond donors (Lipinski definition) is 1. The van der Waals surface area contributed by atoms with Gasteiger partial charge in [-0.05, 0) is 69.1 Å². The fourth-order valence-electron chi connectivity index (χ4n) is 6.33. The lowest BCUT2D eigenvalue weighted by atomic mass is 9.85. The van der Waals surface area contributed by atoms with Gasteiger partial charge in [-0.3, -0.25) is 4.98 Å². The Kier molecular flexibility index (Phi) is 7.01. The molecule has 1 aromatic heterocycles. The first kappa shape index (κ1) is 27.4. The van der Waals surface area contributed by atoms with Crippen molar-refractivity contribution in [3.8, 4) is 44.6 Å². The number of aromatic nitrogens is 1. The average molecular weight is 591 g/mol. The third-order valence-corrected chi connectivity index (χ3v) is 8.68. The molecule has 0 aliphatic carbocycles. The molecule has 0 saturated heterocycles. The van der Waals surface area contributed by atoms with Gasteiger partial charge >= 0.3 is 0 Å². The molecule has 0 saturated carbocycles. The molecular weight excluding hydrogens is 560 g/mol. The Balaban J connectivity index is 1.27. The minimum atomic E-state index is -0.862. The van der Waals surface area contributed by atoms with Crippen molar-refractivity contribution in [1.82, 2.24) is 10.3 Å². The largest absolute Gasteiger partial charge is 0.345 e. The summed E-state index contributed by atoms with van der Waals surface area (Å²) in [5, 5.41) is 5.88. The first-order valence-electron chi connectivity index (χ1n) is 15.4. The van der Waals surface area contributed by atoms with Crippen molar-refractivity contribution < 1.29 is 0 Å². The number of benzene rings is 6. The monoisotopic (exact) mass is 590 g/mol. The molecule has 1 atom stereocenters. The van der Waals surface area contributed by atoms with Gasteiger partial charge in [0.15, 0.2) is 5.66 Å². The molecule has 1 aliphatic heterocycles. The van der Waals surface area contributed by atoms with Gasteiger partial charge in [-0.25, -0.2) is 9.98 Å². The highest BCUT2D eigenvalue weighted by molar-refractivity contribution is 5.94. The van der Waals surface area contributed by atoms with E-state index in [1.54, 1.807) is 12.7 Å². The van der Waals surface area contributed by atoms with Gasteiger partial charge in [-0.15, -0.1) is 0 Å². The molecular formula is C42H30N4. The molecule has 0 spiro atoms. The molecule has 0 radical (unpaired) electrons. The van der Waals surface area contributed by atoms with Crippen molar-refractivity contribution in [2.45, 2.75) is 5.66 Å². The predicted octanol–water partition coefficient (Wildman–Crippen LogP) is 9.76. The summed E-state index contributed by atoms with van der Waals surface area (Å²) in [6.07, 6.45) is 5.27. The Morgan fingerprint density at radius 3 is 1.78 bits per heavy atom. The number of rotatable bonds is 6. The summed E-state index contributed by atoms with van der Waals surface area (Å²) in [7, 11) is 0. The van der Waals surface area contributed by atoms with Crippen LogP contribution in [0.5, 0.6) is 0 Å². The minimum Gasteiger partial charge on any atom is -0.345 e. The molecule has 2 heterocycles. The maximum Gasteiger partial charge on any atom is 0.184 e. The van der Waals surface area contributed by atoms with Crippen molar-refractivity contribution in [1.29, 1.82) is 0 Å². The van der Waals surface area contributed by atoms with Crippen LogP contribution >= 0.6 is 0 Å². The van der Waals surface area contributed by atoms with E-state index in [0.717, 1.165) is 61.2 Å². The summed E-state index contributed by atoms with van der Waals surface area (Å²) in [6, 6.07) is 55.5. The lowest BCUT2D eigenvalue weighted by molar-refractivity contribution is 0.506. The molecule has 46 heavy (non-hydrogen) atoms. The van der Waals surface area contributed by atoms with Crippen LogP contribution in [0.15, 0.2) is 174 Å². The van der Waals surface area contributed by atoms with Crippen molar-refractivity contribution in [2.75, 3.05) is 0 Å². The SMILES string of the molecule is C1=NC=NC(c2cccc(-c3ccccc3)c2)(c2cc(-c3ccccc3)cc(-c3ccc(-c4nccc5ccccc45)cc3)c2)N1. The first-order valence-corrected chi connectivity index (χ1v) is 15.4. The summed E-state index contributed by atoms with van der Waals surface area (Å²) >= 11 is 0. The zero-order valence-corrected chi connectivity index (χ0v) is 25.1. The Morgan fingerprint density at radius 2 is 1.07 bits per heavy atom. The minimum absolute atomic E-state index is 0.862. The smallest absolute Gasteiger partial charge is 0.184 e. The van der Waals surface area contributed by atoms with Crippen LogP contribution in [0.2, 0.25) is 0 Å². The predicted molar refractivity (Wildman–Crippen MR) is 191 cm³/mol. The van der Waals surface area contributed by atoms with Gasteiger partial charge in [0.2, 0.25) is 0 Å². The number of nitrogens with zero attached hydrogens (tertiary/aromatic N) is 3. The van der Waals surface area contributed by atoms with Gasteiger partial charge < -0.3 is 5.32 Å². The zero-order valence-electron chi connectivity index (χ0n) is 25.1. The van der Waals surface area contributed by atoms with Crippen LogP contribution in [0.4, 0.5) is 0 Å². The second-order valence-corrected chi connectivity index (χ2v) is 11.4. The van der Waals surface area contributed by atoms with E-state index in [9.17, 15) is 0 Å². The van der Waals surface area contributed by atoms with E-state index in [0.29, 0.717) is 0 Å². The van der Waals surface area contributed by atoms with Crippen LogP contribution in [0.3, 0.4) is 0 Å². The highest BCUT2D eigenvalue weighted by atomic mass is 15.2. The molecule has 218 valence electrons. The lowest BCUT2D eigenvalue weighted by Gasteiger charge is -2.33. The normalized spacial score (nSPS) is 15.5. The van der Waals surface area contributed by atoms with Crippen LogP contribution in [-0.4, -0.2) is 17.7 Å². The third-order valence-electron chi connectivity index (χ3n) is 8.68. The van der Waals surface area contributed by atoms with Crippen LogP contribution in [0.25, 0.3) is 55.4 Å². The van der Waals surface area contributed by atoms with Gasteiger partial charge in [0, 0.05) is 28.3 Å². The number of aliphatic imine (C=N–C) groups is 2. The Morgan fingerprint density at radius 1 is 0.457 bits per heavy atom. The van der Waals surface area contributed by atoms with E-state index in [2.05, 4.69) is 156 Å². The van der Waals surface area contributed by atoms with Gasteiger partial charge in [0.1, 0.15) is 6.34 Å². The molecule has 4 heteroatoms. The number of hydrogen-bond acceptors (Lipinski definition) is 4. The van der Waals surface area contributed by atoms with Crippen molar-refractivity contribution in [3.63, 3.8) is 0 Å². The second-order valence-electron chi connectivity index (χ2n) is 11.4. The topological polar surface area (TPSA) is 49.6 Å². The average Bonchev–Trinajstić information content (AvgIpc) is 3.15. The van der Waals surface area contributed by atoms with Crippen molar-refractivity contribution >= 4 is 23.4 Å². The maximum absolute atomic E-state index is 5.05. The molecule has 8 rings (SSSR count). The van der Waals surface area contributed by atoms with Gasteiger partial charge in [0.25, 0.3) is 0 Å². The molecule has 7 aromatic rings. The standard InChI is InChI=1S/C42H30N4/c1-3-10-30(11-4-1)35-15-9-16-38(25-35)42(45-28-43-29-46-42)39-26-36(31-12-5-2-6-13-31)24-37(27-39)32-18-20-34(21-19-32)41-40-17-8-7-14-33(40)22-23-44-41/h1-29H,(H,43,45,46). The summed E-state index contributed by atoms with van der Waals surface area (Å²) in [5.74, 6) is 0. The summed E-state index contributed by atoms with van der Waals surface area (Å²) in [4.78, 5) is 14.1. The summed E-state index contributed by atoms with van der Waals surface area (Å²) in [5.41, 5.74) is 10.0. The molecule has 1 aliphatic rings. The number of fused-ring (bicyclic) bond motifs is 1. The first-order chi connectivity index (χ1) is 22.8. The van der Waals surface area contributed by atoms with Crippen LogP contribution in [0.1, 0.15) is 11.1 Å². The van der Waals surface area contributed by atoms with Crippen LogP contribution in [-0.2, 0) is 5.66 Å². The van der Waals surface area contributed by atoms with E-state index in [-0.39, 0.29) is 0 Å². The van der Waals surface area contributed by atoms with E-state index < -0.39 is 5.66 Å². The van der Waals surface area contributed by atoms with Crippen molar-refractivity contribution in [2.24, 2.45) is 9.98 Å². The van der Waals surface area contributed by atoms with E-state index in [4.69, 9.17) is 9.98 Å². The number of pyridine rings is 1. The Labute approximate surface area is 268 Å². The summed E-state index contributed by atoms with van der Waals surface area (Å²) in [6.45, 7) is 0. The van der Waals surface area contributed by atoms with E-state index in [1.165, 1.54) is 5.39 Å². The highest BCUT2D eigenvalue weighted by Gasteiger charge is 2.35. The molecule has 0 amide bonds. The van der Waals surface area contributed by atoms with E-state index in [1.807, 2.05) is 18.3 Å². The summed E-state index contributed by atoms with van der Waals surface area (Å²) < 4.78 is 0. The van der Waals surface area contributed by atoms with Crippen LogP contribution in [0, 0.1) is 0 Å². The molecule has 1 unspecified atom stereocenters. The van der Waals surface area contributed by atoms with Gasteiger partial charge in [0.05, 0.1) is 12.0 Å². The lowest BCUT2D eigenvalue weighted by Crippen LogP contribution is -2.43. The quantitative estimate of drug-likeness (QED) is 0.210. The Bertz CT molecular complexity index is 2220. The fourth-order valence-corrected chi connectivity index (χ4v) is 6.33. The van der Waals surface area contributed by atoms with Gasteiger partial charge in [-0.1, -0.05) is 127 Å². The van der Waals surface area contributed by atoms with Crippen LogP contribution < -0.4 is 5.32 Å². The van der Waals surface area contributed by atoms with Gasteiger partial charge in [-0.2, -0.15) is 0 Å². The molecule has 0 fully saturated rings. The molecule has 6 aromatic carbocycles. The zero-order chi connectivity index (χ0) is 30.8. The molecule has 1 N–H and O–H groups in total. The molecule has 0 bridgehead atoms. The Hall–Kier alpha value is -6.13. The second kappa shape index (κ2) is 11.8.